The van der Waals surface area contributed by atoms with Crippen LogP contribution in [0.5, 0.6) is 5.75 Å². The number of nitrogens with zero attached hydrogens (tertiary/aromatic N) is 1. The third kappa shape index (κ3) is 4.82. The van der Waals surface area contributed by atoms with Crippen molar-refractivity contribution in [3.8, 4) is 5.75 Å². The lowest BCUT2D eigenvalue weighted by molar-refractivity contribution is 0.125. The number of nitrogens with two attached hydrogens (primary N) is 1. The molecule has 0 bridgehead atoms. The maximum atomic E-state index is 5.94. The predicted molar refractivity (Wildman–Crippen MR) is 78.5 cm³/mol. The number of ether oxygens (including phenoxy) is 2. The van der Waals surface area contributed by atoms with E-state index in [0.29, 0.717) is 13.2 Å². The lowest BCUT2D eigenvalue weighted by Crippen LogP contribution is -2.35. The Kier molecular flexibility index (Phi) is 7.48. The molecule has 0 heterocycles. The van der Waals surface area contributed by atoms with E-state index in [1.165, 1.54) is 5.56 Å². The van der Waals surface area contributed by atoms with Crippen LogP contribution in [0.3, 0.4) is 0 Å². The van der Waals surface area contributed by atoms with E-state index in [4.69, 9.17) is 15.2 Å². The van der Waals surface area contributed by atoms with Crippen LogP contribution in [0.25, 0.3) is 0 Å². The Bertz CT molecular complexity index is 341. The molecule has 1 aromatic carbocycles. The minimum Gasteiger partial charge on any atom is -0.494 e. The van der Waals surface area contributed by atoms with Gasteiger partial charge < -0.3 is 15.2 Å². The third-order valence-electron chi connectivity index (χ3n) is 3.23. The predicted octanol–water partition coefficient (Wildman–Crippen LogP) is 2.05. The first-order chi connectivity index (χ1) is 9.26. The highest BCUT2D eigenvalue weighted by molar-refractivity contribution is 5.29. The van der Waals surface area contributed by atoms with Gasteiger partial charge in [-0.25, -0.2) is 0 Å². The maximum absolute atomic E-state index is 5.94. The molecular weight excluding hydrogens is 240 g/mol. The normalized spacial score (nSPS) is 12.7. The van der Waals surface area contributed by atoms with Gasteiger partial charge in [-0.2, -0.15) is 0 Å². The number of rotatable bonds is 9. The Balaban J connectivity index is 2.76. The zero-order chi connectivity index (χ0) is 14.1. The summed E-state index contributed by atoms with van der Waals surface area (Å²) in [5, 5.41) is 0. The molecule has 0 saturated heterocycles. The lowest BCUT2D eigenvalue weighted by atomic mass is 10.1. The van der Waals surface area contributed by atoms with Crippen LogP contribution in [-0.2, 0) is 4.74 Å². The number of hydrogen-bond acceptors (Lipinski definition) is 4. The maximum Gasteiger partial charge on any atom is 0.119 e. The van der Waals surface area contributed by atoms with Crippen LogP contribution in [0.4, 0.5) is 0 Å². The van der Waals surface area contributed by atoms with Gasteiger partial charge in [-0.1, -0.05) is 19.1 Å². The summed E-state index contributed by atoms with van der Waals surface area (Å²) >= 11 is 0. The molecule has 0 fully saturated rings. The number of benzene rings is 1. The topological polar surface area (TPSA) is 47.7 Å². The quantitative estimate of drug-likeness (QED) is 0.743. The van der Waals surface area contributed by atoms with Crippen LogP contribution in [0, 0.1) is 0 Å². The average Bonchev–Trinajstić information content (AvgIpc) is 2.45. The van der Waals surface area contributed by atoms with Crippen LogP contribution < -0.4 is 10.5 Å². The van der Waals surface area contributed by atoms with E-state index < -0.39 is 0 Å². The molecule has 0 amide bonds. The molecule has 4 heteroatoms. The van der Waals surface area contributed by atoms with Gasteiger partial charge in [0.25, 0.3) is 0 Å². The van der Waals surface area contributed by atoms with Crippen molar-refractivity contribution in [2.45, 2.75) is 19.9 Å². The highest BCUT2D eigenvalue weighted by Gasteiger charge is 2.17. The van der Waals surface area contributed by atoms with Crippen LogP contribution in [-0.4, -0.2) is 44.9 Å². The Hall–Kier alpha value is -1.10. The monoisotopic (exact) mass is 266 g/mol. The van der Waals surface area contributed by atoms with Crippen molar-refractivity contribution >= 4 is 0 Å². The number of methoxy groups -OCH3 is 1. The molecular formula is C15H26N2O2. The van der Waals surface area contributed by atoms with Gasteiger partial charge in [0.2, 0.25) is 0 Å². The van der Waals surface area contributed by atoms with Crippen molar-refractivity contribution in [2.75, 3.05) is 40.0 Å². The Morgan fingerprint density at radius 1 is 1.21 bits per heavy atom. The molecule has 0 saturated carbocycles. The Morgan fingerprint density at radius 3 is 2.37 bits per heavy atom. The first-order valence-electron chi connectivity index (χ1n) is 6.92. The van der Waals surface area contributed by atoms with Crippen molar-refractivity contribution in [1.82, 2.24) is 4.90 Å². The molecule has 4 nitrogen and oxygen atoms in total. The van der Waals surface area contributed by atoms with Crippen LogP contribution in [0.1, 0.15) is 25.5 Å². The van der Waals surface area contributed by atoms with E-state index in [1.54, 1.807) is 7.11 Å². The molecule has 1 aromatic rings. The highest BCUT2D eigenvalue weighted by Crippen LogP contribution is 2.22. The summed E-state index contributed by atoms with van der Waals surface area (Å²) in [6.07, 6.45) is 0. The summed E-state index contributed by atoms with van der Waals surface area (Å²) in [5.41, 5.74) is 7.16. The second-order valence-corrected chi connectivity index (χ2v) is 4.37. The summed E-state index contributed by atoms with van der Waals surface area (Å²) < 4.78 is 10.6. The van der Waals surface area contributed by atoms with Gasteiger partial charge in [-0.15, -0.1) is 0 Å². The fourth-order valence-electron chi connectivity index (χ4n) is 2.19. The van der Waals surface area contributed by atoms with Gasteiger partial charge in [0.1, 0.15) is 5.75 Å². The first-order valence-corrected chi connectivity index (χ1v) is 6.92. The van der Waals surface area contributed by atoms with Crippen LogP contribution in [0.15, 0.2) is 24.3 Å². The van der Waals surface area contributed by atoms with Gasteiger partial charge in [0, 0.05) is 26.2 Å². The highest BCUT2D eigenvalue weighted by atomic mass is 16.5. The van der Waals surface area contributed by atoms with Gasteiger partial charge in [-0.3, -0.25) is 4.90 Å². The van der Waals surface area contributed by atoms with Crippen molar-refractivity contribution in [3.63, 3.8) is 0 Å². The fourth-order valence-corrected chi connectivity index (χ4v) is 2.19. The van der Waals surface area contributed by atoms with Gasteiger partial charge in [-0.05, 0) is 31.2 Å². The minimum atomic E-state index is 0.232. The van der Waals surface area contributed by atoms with E-state index in [9.17, 15) is 0 Å². The van der Waals surface area contributed by atoms with E-state index in [2.05, 4.69) is 24.0 Å². The second-order valence-electron chi connectivity index (χ2n) is 4.37. The molecule has 0 aromatic heterocycles. The first kappa shape index (κ1) is 16.0. The van der Waals surface area contributed by atoms with Crippen molar-refractivity contribution in [1.29, 1.82) is 0 Å². The molecule has 0 aliphatic heterocycles. The molecule has 108 valence electrons. The van der Waals surface area contributed by atoms with E-state index in [-0.39, 0.29) is 6.04 Å². The summed E-state index contributed by atoms with van der Waals surface area (Å²) in [6, 6.07) is 8.43. The molecule has 0 aliphatic rings. The Morgan fingerprint density at radius 2 is 1.89 bits per heavy atom. The smallest absolute Gasteiger partial charge is 0.119 e. The summed E-state index contributed by atoms with van der Waals surface area (Å²) in [4.78, 5) is 2.33. The van der Waals surface area contributed by atoms with Gasteiger partial charge in [0.05, 0.1) is 13.2 Å². The zero-order valence-electron chi connectivity index (χ0n) is 12.3. The van der Waals surface area contributed by atoms with Crippen molar-refractivity contribution < 1.29 is 9.47 Å². The SMILES string of the molecule is CCOc1ccc(C(CN)N(CC)CCOC)cc1. The second kappa shape index (κ2) is 8.91. The van der Waals surface area contributed by atoms with Crippen LogP contribution >= 0.6 is 0 Å². The standard InChI is InChI=1S/C15H26N2O2/c1-4-17(10-11-18-3)15(12-16)13-6-8-14(9-7-13)19-5-2/h6-9,15H,4-5,10-12,16H2,1-3H3. The van der Waals surface area contributed by atoms with Crippen molar-refractivity contribution in [2.24, 2.45) is 5.73 Å². The number of likely N-dealkylation sites (N-methyl/N-ethyl adjacent to an activating group) is 1. The molecule has 1 rings (SSSR count). The van der Waals surface area contributed by atoms with E-state index >= 15 is 0 Å². The summed E-state index contributed by atoms with van der Waals surface area (Å²) in [7, 11) is 1.72. The summed E-state index contributed by atoms with van der Waals surface area (Å²) in [6.45, 7) is 8.00. The number of hydrogen-bond donors (Lipinski definition) is 1. The van der Waals surface area contributed by atoms with E-state index in [0.717, 1.165) is 25.4 Å². The minimum absolute atomic E-state index is 0.232. The molecule has 1 unspecified atom stereocenters. The average molecular weight is 266 g/mol. The molecule has 0 spiro atoms. The molecule has 19 heavy (non-hydrogen) atoms. The van der Waals surface area contributed by atoms with Crippen LogP contribution in [0.2, 0.25) is 0 Å². The molecule has 0 aliphatic carbocycles. The largest absolute Gasteiger partial charge is 0.494 e. The van der Waals surface area contributed by atoms with E-state index in [1.807, 2.05) is 19.1 Å². The molecule has 2 N–H and O–H groups in total. The Labute approximate surface area is 116 Å². The zero-order valence-corrected chi connectivity index (χ0v) is 12.3. The third-order valence-corrected chi connectivity index (χ3v) is 3.23. The summed E-state index contributed by atoms with van der Waals surface area (Å²) in [5.74, 6) is 0.905. The van der Waals surface area contributed by atoms with Gasteiger partial charge >= 0.3 is 0 Å². The molecule has 1 atom stereocenters. The molecule has 0 radical (unpaired) electrons. The lowest BCUT2D eigenvalue weighted by Gasteiger charge is -2.30. The van der Waals surface area contributed by atoms with Gasteiger partial charge in [0.15, 0.2) is 0 Å². The van der Waals surface area contributed by atoms with Crippen molar-refractivity contribution in [3.05, 3.63) is 29.8 Å². The fraction of sp³-hybridized carbons (Fsp3) is 0.600.